The van der Waals surface area contributed by atoms with E-state index in [-0.39, 0.29) is 5.91 Å². The van der Waals surface area contributed by atoms with E-state index in [1.807, 2.05) is 29.5 Å². The Bertz CT molecular complexity index is 407. The molecule has 1 fully saturated rings. The number of anilines is 1. The normalized spacial score (nSPS) is 14.9. The third-order valence-corrected chi connectivity index (χ3v) is 3.32. The standard InChI is InChI=1S/C13H21N3O/c1-3-15-9-11(14)7-12(15)13(17)16(4-2)8-10-5-6-10/h7,9-10H,3-6,8,14H2,1-2H3. The van der Waals surface area contributed by atoms with Gasteiger partial charge in [0.05, 0.1) is 5.69 Å². The highest BCUT2D eigenvalue weighted by atomic mass is 16.2. The quantitative estimate of drug-likeness (QED) is 0.848. The van der Waals surface area contributed by atoms with Gasteiger partial charge in [-0.25, -0.2) is 0 Å². The second-order valence-corrected chi connectivity index (χ2v) is 4.73. The van der Waals surface area contributed by atoms with Crippen LogP contribution in [0.2, 0.25) is 0 Å². The van der Waals surface area contributed by atoms with Crippen molar-refractivity contribution in [2.24, 2.45) is 5.92 Å². The van der Waals surface area contributed by atoms with Crippen molar-refractivity contribution in [3.05, 3.63) is 18.0 Å². The van der Waals surface area contributed by atoms with Crippen molar-refractivity contribution in [1.29, 1.82) is 0 Å². The van der Waals surface area contributed by atoms with Crippen molar-refractivity contribution in [3.63, 3.8) is 0 Å². The first-order valence-electron chi connectivity index (χ1n) is 6.40. The summed E-state index contributed by atoms with van der Waals surface area (Å²) in [5.74, 6) is 0.833. The van der Waals surface area contributed by atoms with Gasteiger partial charge in [0.25, 0.3) is 5.91 Å². The van der Waals surface area contributed by atoms with Gasteiger partial charge in [-0.3, -0.25) is 4.79 Å². The number of carbonyl (C=O) groups excluding carboxylic acids is 1. The number of aryl methyl sites for hydroxylation is 1. The Kier molecular flexibility index (Phi) is 3.41. The molecule has 0 radical (unpaired) electrons. The van der Waals surface area contributed by atoms with Gasteiger partial charge in [-0.2, -0.15) is 0 Å². The van der Waals surface area contributed by atoms with Gasteiger partial charge in [0, 0.05) is 25.8 Å². The van der Waals surface area contributed by atoms with Gasteiger partial charge in [0.1, 0.15) is 5.69 Å². The minimum Gasteiger partial charge on any atom is -0.397 e. The molecule has 1 heterocycles. The first-order chi connectivity index (χ1) is 8.15. The lowest BCUT2D eigenvalue weighted by Crippen LogP contribution is -2.34. The molecule has 2 rings (SSSR count). The van der Waals surface area contributed by atoms with E-state index in [0.717, 1.165) is 25.6 Å². The average molecular weight is 235 g/mol. The van der Waals surface area contributed by atoms with Crippen LogP contribution in [0.4, 0.5) is 5.69 Å². The zero-order valence-electron chi connectivity index (χ0n) is 10.6. The largest absolute Gasteiger partial charge is 0.397 e. The highest BCUT2D eigenvalue weighted by Crippen LogP contribution is 2.30. The molecule has 1 aliphatic rings. The summed E-state index contributed by atoms with van der Waals surface area (Å²) in [7, 11) is 0. The highest BCUT2D eigenvalue weighted by Gasteiger charge is 2.27. The maximum Gasteiger partial charge on any atom is 0.270 e. The lowest BCUT2D eigenvalue weighted by molar-refractivity contribution is 0.0746. The number of nitrogen functional groups attached to an aromatic ring is 1. The summed E-state index contributed by atoms with van der Waals surface area (Å²) in [5, 5.41) is 0. The summed E-state index contributed by atoms with van der Waals surface area (Å²) in [6, 6.07) is 1.78. The van der Waals surface area contributed by atoms with Crippen molar-refractivity contribution < 1.29 is 4.79 Å². The Balaban J connectivity index is 2.15. The van der Waals surface area contributed by atoms with E-state index in [0.29, 0.717) is 11.4 Å². The Morgan fingerprint density at radius 1 is 1.53 bits per heavy atom. The van der Waals surface area contributed by atoms with E-state index >= 15 is 0 Å². The molecule has 1 aliphatic carbocycles. The molecule has 1 aromatic rings. The Morgan fingerprint density at radius 2 is 2.24 bits per heavy atom. The Morgan fingerprint density at radius 3 is 2.76 bits per heavy atom. The van der Waals surface area contributed by atoms with Gasteiger partial charge >= 0.3 is 0 Å². The van der Waals surface area contributed by atoms with E-state index in [1.165, 1.54) is 12.8 Å². The van der Waals surface area contributed by atoms with Crippen molar-refractivity contribution in [2.45, 2.75) is 33.2 Å². The van der Waals surface area contributed by atoms with Crippen LogP contribution in [0, 0.1) is 5.92 Å². The molecule has 4 heteroatoms. The molecule has 0 atom stereocenters. The number of hydrogen-bond acceptors (Lipinski definition) is 2. The molecule has 1 aromatic heterocycles. The zero-order chi connectivity index (χ0) is 12.4. The number of rotatable bonds is 5. The molecule has 4 nitrogen and oxygen atoms in total. The summed E-state index contributed by atoms with van der Waals surface area (Å²) in [4.78, 5) is 14.3. The number of nitrogens with zero attached hydrogens (tertiary/aromatic N) is 2. The first-order valence-corrected chi connectivity index (χ1v) is 6.40. The van der Waals surface area contributed by atoms with Crippen LogP contribution in [-0.2, 0) is 6.54 Å². The smallest absolute Gasteiger partial charge is 0.270 e. The minimum atomic E-state index is 0.109. The maximum atomic E-state index is 12.4. The third kappa shape index (κ3) is 2.62. The Hall–Kier alpha value is -1.45. The van der Waals surface area contributed by atoms with Gasteiger partial charge in [-0.05, 0) is 38.7 Å². The van der Waals surface area contributed by atoms with Crippen LogP contribution in [-0.4, -0.2) is 28.5 Å². The summed E-state index contributed by atoms with van der Waals surface area (Å²) in [6.07, 6.45) is 4.36. The van der Waals surface area contributed by atoms with Gasteiger partial charge < -0.3 is 15.2 Å². The second-order valence-electron chi connectivity index (χ2n) is 4.73. The average Bonchev–Trinajstić information content (AvgIpc) is 3.06. The molecule has 0 aliphatic heterocycles. The second kappa shape index (κ2) is 4.82. The molecule has 2 N–H and O–H groups in total. The molecule has 0 bridgehead atoms. The van der Waals surface area contributed by atoms with E-state index in [1.54, 1.807) is 6.07 Å². The van der Waals surface area contributed by atoms with Crippen molar-refractivity contribution in [2.75, 3.05) is 18.8 Å². The zero-order valence-corrected chi connectivity index (χ0v) is 10.6. The van der Waals surface area contributed by atoms with E-state index < -0.39 is 0 Å². The van der Waals surface area contributed by atoms with Crippen LogP contribution in [0.15, 0.2) is 12.3 Å². The molecule has 1 saturated carbocycles. The monoisotopic (exact) mass is 235 g/mol. The van der Waals surface area contributed by atoms with Crippen molar-refractivity contribution in [1.82, 2.24) is 9.47 Å². The van der Waals surface area contributed by atoms with Crippen LogP contribution in [0.3, 0.4) is 0 Å². The molecule has 17 heavy (non-hydrogen) atoms. The van der Waals surface area contributed by atoms with Crippen molar-refractivity contribution >= 4 is 11.6 Å². The van der Waals surface area contributed by atoms with Gasteiger partial charge in [-0.1, -0.05) is 0 Å². The molecule has 0 unspecified atom stereocenters. The molecular formula is C13H21N3O. The van der Waals surface area contributed by atoms with E-state index in [2.05, 4.69) is 0 Å². The highest BCUT2D eigenvalue weighted by molar-refractivity contribution is 5.93. The molecule has 94 valence electrons. The van der Waals surface area contributed by atoms with Crippen LogP contribution in [0.1, 0.15) is 37.2 Å². The SMILES string of the molecule is CCN(CC1CC1)C(=O)c1cc(N)cn1CC. The summed E-state index contributed by atoms with van der Waals surface area (Å²) in [5.41, 5.74) is 7.14. The van der Waals surface area contributed by atoms with E-state index in [9.17, 15) is 4.79 Å². The summed E-state index contributed by atoms with van der Waals surface area (Å²) < 4.78 is 1.92. The van der Waals surface area contributed by atoms with Crippen LogP contribution >= 0.6 is 0 Å². The van der Waals surface area contributed by atoms with E-state index in [4.69, 9.17) is 5.73 Å². The molecular weight excluding hydrogens is 214 g/mol. The van der Waals surface area contributed by atoms with Gasteiger partial charge in [0.15, 0.2) is 0 Å². The van der Waals surface area contributed by atoms with Crippen molar-refractivity contribution in [3.8, 4) is 0 Å². The number of hydrogen-bond donors (Lipinski definition) is 1. The topological polar surface area (TPSA) is 51.3 Å². The molecule has 0 spiro atoms. The fraction of sp³-hybridized carbons (Fsp3) is 0.615. The summed E-state index contributed by atoms with van der Waals surface area (Å²) >= 11 is 0. The van der Waals surface area contributed by atoms with Crippen LogP contribution in [0.5, 0.6) is 0 Å². The minimum absolute atomic E-state index is 0.109. The number of carbonyl (C=O) groups is 1. The van der Waals surface area contributed by atoms with Gasteiger partial charge in [-0.15, -0.1) is 0 Å². The lowest BCUT2D eigenvalue weighted by atomic mass is 10.3. The predicted molar refractivity (Wildman–Crippen MR) is 68.8 cm³/mol. The number of amides is 1. The maximum absolute atomic E-state index is 12.4. The lowest BCUT2D eigenvalue weighted by Gasteiger charge is -2.21. The molecule has 0 saturated heterocycles. The fourth-order valence-electron chi connectivity index (χ4n) is 2.10. The van der Waals surface area contributed by atoms with Gasteiger partial charge in [0.2, 0.25) is 0 Å². The predicted octanol–water partition coefficient (Wildman–Crippen LogP) is 1.96. The summed E-state index contributed by atoms with van der Waals surface area (Å²) in [6.45, 7) is 6.49. The fourth-order valence-corrected chi connectivity index (χ4v) is 2.10. The Labute approximate surface area is 102 Å². The molecule has 0 aromatic carbocycles. The first kappa shape index (κ1) is 12.0. The third-order valence-electron chi connectivity index (χ3n) is 3.32. The van der Waals surface area contributed by atoms with Crippen LogP contribution < -0.4 is 5.73 Å². The number of aromatic nitrogens is 1. The number of nitrogens with two attached hydrogens (primary N) is 1. The van der Waals surface area contributed by atoms with Crippen LogP contribution in [0.25, 0.3) is 0 Å². The molecule has 1 amide bonds.